The second-order valence-electron chi connectivity index (χ2n) is 8.08. The number of nitrogens with one attached hydrogen (secondary N) is 1. The minimum absolute atomic E-state index is 0.0000603. The lowest BCUT2D eigenvalue weighted by Gasteiger charge is -2.09. The molecular formula is C27H27N3OS. The molecule has 3 aromatic carbocycles. The summed E-state index contributed by atoms with van der Waals surface area (Å²) in [4.78, 5) is 22.4. The SMILES string of the molecule is Cc1ccc(C2=Nc3cc(C)c(C)cc3N=C(SCC(=O)NCc3ccccc3)C2)cc1. The first-order valence-corrected chi connectivity index (χ1v) is 11.7. The summed E-state index contributed by atoms with van der Waals surface area (Å²) in [6.07, 6.45) is 0.604. The van der Waals surface area contributed by atoms with Crippen molar-refractivity contribution < 1.29 is 4.79 Å². The first-order valence-electron chi connectivity index (χ1n) is 10.7. The molecule has 1 aliphatic heterocycles. The monoisotopic (exact) mass is 441 g/mol. The number of nitrogens with zero attached hydrogens (tertiary/aromatic N) is 2. The van der Waals surface area contributed by atoms with Gasteiger partial charge in [-0.3, -0.25) is 9.79 Å². The summed E-state index contributed by atoms with van der Waals surface area (Å²) in [5.74, 6) is 0.326. The molecule has 0 fully saturated rings. The first-order chi connectivity index (χ1) is 15.5. The van der Waals surface area contributed by atoms with Gasteiger partial charge in [0.1, 0.15) is 0 Å². The van der Waals surface area contributed by atoms with Gasteiger partial charge in [-0.25, -0.2) is 4.99 Å². The molecule has 0 radical (unpaired) electrons. The fourth-order valence-electron chi connectivity index (χ4n) is 3.46. The molecule has 1 heterocycles. The quantitative estimate of drug-likeness (QED) is 0.511. The van der Waals surface area contributed by atoms with Gasteiger partial charge in [0.15, 0.2) is 0 Å². The Kier molecular flexibility index (Phi) is 6.86. The van der Waals surface area contributed by atoms with Crippen molar-refractivity contribution in [1.29, 1.82) is 0 Å². The van der Waals surface area contributed by atoms with Gasteiger partial charge in [-0.1, -0.05) is 60.2 Å². The van der Waals surface area contributed by atoms with Gasteiger partial charge < -0.3 is 5.32 Å². The molecule has 1 aliphatic rings. The van der Waals surface area contributed by atoms with Crippen molar-refractivity contribution in [1.82, 2.24) is 5.32 Å². The molecule has 0 aromatic heterocycles. The molecule has 0 aliphatic carbocycles. The van der Waals surface area contributed by atoms with E-state index in [4.69, 9.17) is 9.98 Å². The van der Waals surface area contributed by atoms with Crippen LogP contribution < -0.4 is 5.32 Å². The van der Waals surface area contributed by atoms with E-state index in [1.165, 1.54) is 28.5 Å². The van der Waals surface area contributed by atoms with Crippen LogP contribution in [0, 0.1) is 20.8 Å². The fourth-order valence-corrected chi connectivity index (χ4v) is 4.26. The minimum atomic E-state index is -0.0000603. The normalized spacial score (nSPS) is 13.0. The molecule has 0 saturated carbocycles. The number of carbonyl (C=O) groups excluding carboxylic acids is 1. The highest BCUT2D eigenvalue weighted by molar-refractivity contribution is 8.14. The van der Waals surface area contributed by atoms with Gasteiger partial charge in [0.2, 0.25) is 5.91 Å². The number of benzene rings is 3. The van der Waals surface area contributed by atoms with Crippen LogP contribution in [0.3, 0.4) is 0 Å². The largest absolute Gasteiger partial charge is 0.351 e. The zero-order valence-corrected chi connectivity index (χ0v) is 19.5. The van der Waals surface area contributed by atoms with Gasteiger partial charge in [0.05, 0.1) is 27.9 Å². The highest BCUT2D eigenvalue weighted by atomic mass is 32.2. The molecule has 0 unspecified atom stereocenters. The van der Waals surface area contributed by atoms with Crippen LogP contribution in [0.5, 0.6) is 0 Å². The smallest absolute Gasteiger partial charge is 0.230 e. The standard InChI is InChI=1S/C27H27N3OS/c1-18-9-11-22(12-10-18)23-15-27(30-25-14-20(3)19(2)13-24(25)29-23)32-17-26(31)28-16-21-7-5-4-6-8-21/h4-14H,15-17H2,1-3H3,(H,28,31). The van der Waals surface area contributed by atoms with Gasteiger partial charge in [-0.2, -0.15) is 0 Å². The number of thioether (sulfide) groups is 1. The van der Waals surface area contributed by atoms with E-state index in [2.05, 4.69) is 62.5 Å². The van der Waals surface area contributed by atoms with E-state index in [-0.39, 0.29) is 5.91 Å². The molecular weight excluding hydrogens is 414 g/mol. The predicted octanol–water partition coefficient (Wildman–Crippen LogP) is 6.22. The molecule has 32 heavy (non-hydrogen) atoms. The van der Waals surface area contributed by atoms with Crippen LogP contribution in [0.15, 0.2) is 76.7 Å². The second kappa shape index (κ2) is 9.96. The Morgan fingerprint density at radius 3 is 2.25 bits per heavy atom. The summed E-state index contributed by atoms with van der Waals surface area (Å²) in [6, 6.07) is 22.5. The van der Waals surface area contributed by atoms with E-state index in [0.717, 1.165) is 33.3 Å². The number of hydrogen-bond acceptors (Lipinski definition) is 4. The van der Waals surface area contributed by atoms with Crippen LogP contribution in [-0.2, 0) is 11.3 Å². The maximum absolute atomic E-state index is 12.5. The lowest BCUT2D eigenvalue weighted by molar-refractivity contribution is -0.118. The number of fused-ring (bicyclic) bond motifs is 1. The number of aryl methyl sites for hydroxylation is 3. The third kappa shape index (κ3) is 5.54. The van der Waals surface area contributed by atoms with Crippen molar-refractivity contribution in [2.45, 2.75) is 33.7 Å². The number of amides is 1. The van der Waals surface area contributed by atoms with Gasteiger partial charge in [0, 0.05) is 13.0 Å². The van der Waals surface area contributed by atoms with Crippen molar-refractivity contribution in [2.24, 2.45) is 9.98 Å². The zero-order valence-electron chi connectivity index (χ0n) is 18.7. The second-order valence-corrected chi connectivity index (χ2v) is 9.13. The van der Waals surface area contributed by atoms with E-state index >= 15 is 0 Å². The molecule has 0 atom stereocenters. The molecule has 4 nitrogen and oxygen atoms in total. The molecule has 0 saturated heterocycles. The Morgan fingerprint density at radius 1 is 0.906 bits per heavy atom. The summed E-state index contributed by atoms with van der Waals surface area (Å²) in [5.41, 5.74) is 8.50. The van der Waals surface area contributed by atoms with Crippen LogP contribution in [0.25, 0.3) is 0 Å². The molecule has 4 rings (SSSR count). The number of aliphatic imine (C=N–C) groups is 2. The number of hydrogen-bond donors (Lipinski definition) is 1. The zero-order chi connectivity index (χ0) is 22.5. The van der Waals surface area contributed by atoms with Crippen molar-refractivity contribution in [3.05, 3.63) is 94.5 Å². The Labute approximate surface area is 193 Å². The summed E-state index contributed by atoms with van der Waals surface area (Å²) in [7, 11) is 0. The fraction of sp³-hybridized carbons (Fsp3) is 0.222. The minimum Gasteiger partial charge on any atom is -0.351 e. The van der Waals surface area contributed by atoms with Crippen LogP contribution in [0.2, 0.25) is 0 Å². The van der Waals surface area contributed by atoms with Gasteiger partial charge in [-0.15, -0.1) is 11.8 Å². The molecule has 3 aromatic rings. The Hall–Kier alpha value is -3.18. The Bertz CT molecular complexity index is 1180. The summed E-state index contributed by atoms with van der Waals surface area (Å²) in [5, 5.41) is 3.90. The maximum Gasteiger partial charge on any atom is 0.230 e. The maximum atomic E-state index is 12.5. The van der Waals surface area contributed by atoms with E-state index in [9.17, 15) is 4.79 Å². The van der Waals surface area contributed by atoms with Crippen LogP contribution >= 0.6 is 11.8 Å². The first kappa shape index (κ1) is 22.0. The summed E-state index contributed by atoms with van der Waals surface area (Å²) >= 11 is 1.49. The molecule has 1 amide bonds. The number of carbonyl (C=O) groups is 1. The predicted molar refractivity (Wildman–Crippen MR) is 136 cm³/mol. The molecule has 162 valence electrons. The van der Waals surface area contributed by atoms with E-state index in [0.29, 0.717) is 18.7 Å². The van der Waals surface area contributed by atoms with Gasteiger partial charge in [-0.05, 0) is 55.2 Å². The number of rotatable bonds is 5. The third-order valence-corrected chi connectivity index (χ3v) is 6.47. The average Bonchev–Trinajstić information content (AvgIpc) is 2.97. The summed E-state index contributed by atoms with van der Waals surface area (Å²) < 4.78 is 0. The van der Waals surface area contributed by atoms with Crippen molar-refractivity contribution in [2.75, 3.05) is 5.75 Å². The van der Waals surface area contributed by atoms with Crippen LogP contribution in [0.4, 0.5) is 11.4 Å². The molecule has 0 spiro atoms. The highest BCUT2D eigenvalue weighted by Gasteiger charge is 2.17. The third-order valence-electron chi connectivity index (χ3n) is 5.50. The summed E-state index contributed by atoms with van der Waals surface area (Å²) in [6.45, 7) is 6.80. The molecule has 1 N–H and O–H groups in total. The lowest BCUT2D eigenvalue weighted by Crippen LogP contribution is -2.25. The van der Waals surface area contributed by atoms with Crippen molar-refractivity contribution in [3.8, 4) is 0 Å². The van der Waals surface area contributed by atoms with Crippen LogP contribution in [-0.4, -0.2) is 22.4 Å². The Balaban J connectivity index is 1.53. The average molecular weight is 442 g/mol. The highest BCUT2D eigenvalue weighted by Crippen LogP contribution is 2.36. The van der Waals surface area contributed by atoms with Gasteiger partial charge >= 0.3 is 0 Å². The lowest BCUT2D eigenvalue weighted by atomic mass is 10.1. The van der Waals surface area contributed by atoms with Gasteiger partial charge in [0.25, 0.3) is 0 Å². The Morgan fingerprint density at radius 2 is 1.56 bits per heavy atom. The molecule has 5 heteroatoms. The van der Waals surface area contributed by atoms with E-state index < -0.39 is 0 Å². The van der Waals surface area contributed by atoms with Crippen LogP contribution in [0.1, 0.15) is 34.2 Å². The van der Waals surface area contributed by atoms with Crippen molar-refractivity contribution >= 4 is 39.8 Å². The molecule has 0 bridgehead atoms. The van der Waals surface area contributed by atoms with E-state index in [1.807, 2.05) is 30.3 Å². The topological polar surface area (TPSA) is 53.8 Å². The van der Waals surface area contributed by atoms with E-state index in [1.54, 1.807) is 0 Å². The van der Waals surface area contributed by atoms with Crippen molar-refractivity contribution in [3.63, 3.8) is 0 Å².